The zero-order valence-electron chi connectivity index (χ0n) is 16.3. The van der Waals surface area contributed by atoms with E-state index in [1.54, 1.807) is 13.7 Å². The van der Waals surface area contributed by atoms with Crippen molar-refractivity contribution in [3.8, 4) is 11.5 Å². The van der Waals surface area contributed by atoms with Crippen LogP contribution in [-0.2, 0) is 17.6 Å². The van der Waals surface area contributed by atoms with E-state index in [2.05, 4.69) is 29.2 Å². The standard InChI is InChI=1S/C22H30NO3/c1-5-25-21(16-23(2)3)17-26-22-12-7-6-10-19(22)14-13-18-9-8-11-20(15-18)24-4/h5-12,15,21H,13-14,16-17H2,1-4H3. The van der Waals surface area contributed by atoms with Gasteiger partial charge in [0.05, 0.1) is 13.7 Å². The van der Waals surface area contributed by atoms with Crippen LogP contribution >= 0.6 is 0 Å². The van der Waals surface area contributed by atoms with Crippen molar-refractivity contribution in [1.82, 2.24) is 4.90 Å². The Hall–Kier alpha value is -2.04. The first kappa shape index (κ1) is 20.3. The zero-order chi connectivity index (χ0) is 18.8. The van der Waals surface area contributed by atoms with E-state index in [1.165, 1.54) is 11.1 Å². The average molecular weight is 356 g/mol. The van der Waals surface area contributed by atoms with Crippen molar-refractivity contribution in [3.63, 3.8) is 0 Å². The van der Waals surface area contributed by atoms with Crippen LogP contribution in [0.4, 0.5) is 0 Å². The number of likely N-dealkylation sites (N-methyl/N-ethyl adjacent to an activating group) is 1. The lowest BCUT2D eigenvalue weighted by Gasteiger charge is -2.22. The van der Waals surface area contributed by atoms with Crippen LogP contribution in [0.5, 0.6) is 11.5 Å². The van der Waals surface area contributed by atoms with Crippen molar-refractivity contribution in [2.45, 2.75) is 25.9 Å². The molecule has 1 radical (unpaired) electrons. The van der Waals surface area contributed by atoms with Gasteiger partial charge in [-0.2, -0.15) is 0 Å². The molecule has 4 nitrogen and oxygen atoms in total. The summed E-state index contributed by atoms with van der Waals surface area (Å²) in [5, 5.41) is 0. The summed E-state index contributed by atoms with van der Waals surface area (Å²) < 4.78 is 17.1. The van der Waals surface area contributed by atoms with Crippen LogP contribution in [-0.4, -0.2) is 45.4 Å². The highest BCUT2D eigenvalue weighted by molar-refractivity contribution is 5.35. The number of ether oxygens (including phenoxy) is 3. The Morgan fingerprint density at radius 2 is 1.85 bits per heavy atom. The quantitative estimate of drug-likeness (QED) is 0.609. The minimum atomic E-state index is 0.0152. The van der Waals surface area contributed by atoms with Crippen molar-refractivity contribution in [2.75, 3.05) is 34.4 Å². The molecule has 0 bridgehead atoms. The summed E-state index contributed by atoms with van der Waals surface area (Å²) in [7, 11) is 5.77. The lowest BCUT2D eigenvalue weighted by molar-refractivity contribution is 0.0442. The second-order valence-electron chi connectivity index (χ2n) is 6.53. The van der Waals surface area contributed by atoms with E-state index >= 15 is 0 Å². The van der Waals surface area contributed by atoms with Gasteiger partial charge in [0.2, 0.25) is 0 Å². The molecule has 0 spiro atoms. The molecule has 2 aromatic rings. The maximum atomic E-state index is 6.09. The number of benzene rings is 2. The van der Waals surface area contributed by atoms with E-state index in [-0.39, 0.29) is 6.10 Å². The third-order valence-electron chi connectivity index (χ3n) is 4.11. The number of para-hydroxylation sites is 1. The molecule has 26 heavy (non-hydrogen) atoms. The second kappa shape index (κ2) is 10.8. The van der Waals surface area contributed by atoms with Gasteiger partial charge in [-0.25, -0.2) is 0 Å². The summed E-state index contributed by atoms with van der Waals surface area (Å²) in [5.74, 6) is 1.82. The normalized spacial score (nSPS) is 12.2. The van der Waals surface area contributed by atoms with E-state index in [0.717, 1.165) is 30.9 Å². The average Bonchev–Trinajstić information content (AvgIpc) is 2.65. The maximum absolute atomic E-state index is 6.09. The number of nitrogens with zero attached hydrogens (tertiary/aromatic N) is 1. The molecular weight excluding hydrogens is 326 g/mol. The number of aryl methyl sites for hydroxylation is 2. The van der Waals surface area contributed by atoms with Gasteiger partial charge in [-0.15, -0.1) is 0 Å². The topological polar surface area (TPSA) is 30.9 Å². The van der Waals surface area contributed by atoms with E-state index in [1.807, 2.05) is 45.3 Å². The molecule has 141 valence electrons. The van der Waals surface area contributed by atoms with Crippen LogP contribution in [0.1, 0.15) is 18.1 Å². The second-order valence-corrected chi connectivity index (χ2v) is 6.53. The number of hydrogen-bond acceptors (Lipinski definition) is 4. The molecule has 0 saturated carbocycles. The summed E-state index contributed by atoms with van der Waals surface area (Å²) >= 11 is 0. The summed E-state index contributed by atoms with van der Waals surface area (Å²) in [6.07, 6.45) is 1.88. The summed E-state index contributed by atoms with van der Waals surface area (Å²) in [6.45, 7) is 4.96. The fourth-order valence-corrected chi connectivity index (χ4v) is 2.88. The summed E-state index contributed by atoms with van der Waals surface area (Å²) in [4.78, 5) is 2.10. The fourth-order valence-electron chi connectivity index (χ4n) is 2.88. The monoisotopic (exact) mass is 356 g/mol. The number of rotatable bonds is 11. The molecule has 1 unspecified atom stereocenters. The van der Waals surface area contributed by atoms with E-state index in [4.69, 9.17) is 14.2 Å². The molecule has 4 heteroatoms. The molecule has 0 aromatic heterocycles. The zero-order valence-corrected chi connectivity index (χ0v) is 16.3. The van der Waals surface area contributed by atoms with Gasteiger partial charge in [-0.1, -0.05) is 30.3 Å². The lowest BCUT2D eigenvalue weighted by atomic mass is 10.0. The largest absolute Gasteiger partial charge is 0.497 e. The van der Waals surface area contributed by atoms with Gasteiger partial charge in [0.15, 0.2) is 0 Å². The number of hydrogen-bond donors (Lipinski definition) is 0. The molecule has 0 aliphatic rings. The first-order valence-electron chi connectivity index (χ1n) is 9.04. The lowest BCUT2D eigenvalue weighted by Crippen LogP contribution is -2.32. The van der Waals surface area contributed by atoms with Crippen molar-refractivity contribution >= 4 is 0 Å². The van der Waals surface area contributed by atoms with Crippen LogP contribution < -0.4 is 9.47 Å². The van der Waals surface area contributed by atoms with Crippen LogP contribution in [0.15, 0.2) is 48.5 Å². The smallest absolute Gasteiger partial charge is 0.122 e. The van der Waals surface area contributed by atoms with Gasteiger partial charge in [-0.05, 0) is 63.2 Å². The van der Waals surface area contributed by atoms with E-state index < -0.39 is 0 Å². The Bertz CT molecular complexity index is 657. The van der Waals surface area contributed by atoms with Crippen molar-refractivity contribution in [3.05, 3.63) is 66.3 Å². The van der Waals surface area contributed by atoms with Crippen molar-refractivity contribution in [1.29, 1.82) is 0 Å². The Kier molecular flexibility index (Phi) is 8.45. The first-order valence-corrected chi connectivity index (χ1v) is 9.04. The number of methoxy groups -OCH3 is 1. The van der Waals surface area contributed by atoms with Gasteiger partial charge >= 0.3 is 0 Å². The van der Waals surface area contributed by atoms with Crippen LogP contribution in [0.3, 0.4) is 0 Å². The molecule has 2 aromatic carbocycles. The van der Waals surface area contributed by atoms with Crippen molar-refractivity contribution < 1.29 is 14.2 Å². The Labute approximate surface area is 157 Å². The predicted octanol–water partition coefficient (Wildman–Crippen LogP) is 3.99. The molecule has 0 fully saturated rings. The highest BCUT2D eigenvalue weighted by atomic mass is 16.5. The molecule has 0 saturated heterocycles. The molecule has 0 aliphatic carbocycles. The third kappa shape index (κ3) is 6.70. The predicted molar refractivity (Wildman–Crippen MR) is 106 cm³/mol. The maximum Gasteiger partial charge on any atom is 0.122 e. The SMILES string of the molecule is C[CH]OC(COc1ccccc1CCc1cccc(OC)c1)CN(C)C. The van der Waals surface area contributed by atoms with Crippen LogP contribution in [0.2, 0.25) is 0 Å². The van der Waals surface area contributed by atoms with Gasteiger partial charge in [-0.3, -0.25) is 0 Å². The molecule has 0 N–H and O–H groups in total. The van der Waals surface area contributed by atoms with E-state index in [9.17, 15) is 0 Å². The van der Waals surface area contributed by atoms with Crippen molar-refractivity contribution in [2.24, 2.45) is 0 Å². The van der Waals surface area contributed by atoms with E-state index in [0.29, 0.717) is 6.61 Å². The highest BCUT2D eigenvalue weighted by Crippen LogP contribution is 2.22. The molecule has 0 amide bonds. The molecular formula is C22H30NO3. The van der Waals surface area contributed by atoms with Gasteiger partial charge in [0, 0.05) is 6.54 Å². The molecule has 1 atom stereocenters. The van der Waals surface area contributed by atoms with Crippen LogP contribution in [0, 0.1) is 6.61 Å². The Morgan fingerprint density at radius 3 is 2.58 bits per heavy atom. The van der Waals surface area contributed by atoms with Crippen LogP contribution in [0.25, 0.3) is 0 Å². The van der Waals surface area contributed by atoms with Gasteiger partial charge in [0.25, 0.3) is 0 Å². The summed E-state index contributed by atoms with van der Waals surface area (Å²) in [6, 6.07) is 16.4. The molecule has 0 aliphatic heterocycles. The van der Waals surface area contributed by atoms with Gasteiger partial charge < -0.3 is 19.1 Å². The Balaban J connectivity index is 1.97. The molecule has 0 heterocycles. The van der Waals surface area contributed by atoms with Gasteiger partial charge in [0.1, 0.15) is 24.2 Å². The third-order valence-corrected chi connectivity index (χ3v) is 4.11. The summed E-state index contributed by atoms with van der Waals surface area (Å²) in [5.41, 5.74) is 2.47. The molecule has 2 rings (SSSR count). The Morgan fingerprint density at radius 1 is 1.04 bits per heavy atom. The highest BCUT2D eigenvalue weighted by Gasteiger charge is 2.12. The minimum Gasteiger partial charge on any atom is -0.497 e. The first-order chi connectivity index (χ1) is 12.6. The minimum absolute atomic E-state index is 0.0152. The fraction of sp³-hybridized carbons (Fsp3) is 0.409.